The molecule has 0 saturated carbocycles. The number of fused-ring (bicyclic) bond motifs is 1. The van der Waals surface area contributed by atoms with Gasteiger partial charge in [0.2, 0.25) is 15.9 Å². The SMILES string of the molecule is C[C@@H]1Cc2cc(-c3csc(CC(=O)NCc4ccccc4)n3)ccc2N1S(C)(=O)=O. The molecule has 0 spiro atoms. The number of anilines is 1. The number of sulfonamides is 1. The maximum absolute atomic E-state index is 12.2. The lowest BCUT2D eigenvalue weighted by Gasteiger charge is -2.21. The van der Waals surface area contributed by atoms with Crippen molar-refractivity contribution >= 4 is 33.0 Å². The van der Waals surface area contributed by atoms with Gasteiger partial charge in [0.05, 0.1) is 24.1 Å². The first-order chi connectivity index (χ1) is 14.3. The average Bonchev–Trinajstić information content (AvgIpc) is 3.29. The summed E-state index contributed by atoms with van der Waals surface area (Å²) in [5.41, 5.74) is 4.54. The number of hydrogen-bond acceptors (Lipinski definition) is 5. The number of aromatic nitrogens is 1. The molecule has 2 aromatic carbocycles. The van der Waals surface area contributed by atoms with Gasteiger partial charge < -0.3 is 5.32 Å². The number of nitrogens with zero attached hydrogens (tertiary/aromatic N) is 2. The summed E-state index contributed by atoms with van der Waals surface area (Å²) in [6.07, 6.45) is 2.15. The number of benzene rings is 2. The number of carbonyl (C=O) groups is 1. The van der Waals surface area contributed by atoms with Crippen LogP contribution in [0.4, 0.5) is 5.69 Å². The molecule has 156 valence electrons. The Morgan fingerprint density at radius 3 is 2.73 bits per heavy atom. The first kappa shape index (κ1) is 20.6. The molecule has 1 aliphatic rings. The molecule has 1 aliphatic heterocycles. The van der Waals surface area contributed by atoms with Crippen LogP contribution in [-0.2, 0) is 34.2 Å². The number of hydrogen-bond donors (Lipinski definition) is 1. The number of carbonyl (C=O) groups excluding carboxylic acids is 1. The van der Waals surface area contributed by atoms with Gasteiger partial charge in [0, 0.05) is 23.5 Å². The lowest BCUT2D eigenvalue weighted by molar-refractivity contribution is -0.120. The van der Waals surface area contributed by atoms with E-state index < -0.39 is 10.0 Å². The number of amides is 1. The largest absolute Gasteiger partial charge is 0.352 e. The third kappa shape index (κ3) is 4.39. The van der Waals surface area contributed by atoms with Crippen LogP contribution in [0.15, 0.2) is 53.9 Å². The van der Waals surface area contributed by atoms with E-state index >= 15 is 0 Å². The van der Waals surface area contributed by atoms with Gasteiger partial charge in [-0.2, -0.15) is 0 Å². The van der Waals surface area contributed by atoms with Gasteiger partial charge in [0.15, 0.2) is 0 Å². The third-order valence-corrected chi connectivity index (χ3v) is 7.20. The predicted octanol–water partition coefficient (Wildman–Crippen LogP) is 3.38. The lowest BCUT2D eigenvalue weighted by atomic mass is 10.1. The Bertz CT molecular complexity index is 1170. The summed E-state index contributed by atoms with van der Waals surface area (Å²) in [5, 5.41) is 5.61. The molecule has 0 bridgehead atoms. The Morgan fingerprint density at radius 1 is 1.23 bits per heavy atom. The first-order valence-corrected chi connectivity index (χ1v) is 12.4. The Morgan fingerprint density at radius 2 is 2.00 bits per heavy atom. The van der Waals surface area contributed by atoms with Gasteiger partial charge in [-0.1, -0.05) is 36.4 Å². The summed E-state index contributed by atoms with van der Waals surface area (Å²) >= 11 is 1.45. The minimum atomic E-state index is -3.30. The fraction of sp³-hybridized carbons (Fsp3) is 0.273. The standard InChI is InChI=1S/C22H23N3O3S2/c1-15-10-18-11-17(8-9-20(18)25(15)30(2,27)28)19-14-29-22(24-19)12-21(26)23-13-16-6-4-3-5-7-16/h3-9,11,14-15H,10,12-13H2,1-2H3,(H,23,26)/t15-/m1/s1. The molecule has 30 heavy (non-hydrogen) atoms. The Kier molecular flexibility index (Phi) is 5.62. The lowest BCUT2D eigenvalue weighted by Crippen LogP contribution is -2.34. The zero-order valence-electron chi connectivity index (χ0n) is 16.8. The Hall–Kier alpha value is -2.71. The summed E-state index contributed by atoms with van der Waals surface area (Å²) < 4.78 is 25.7. The molecule has 2 heterocycles. The molecule has 4 rings (SSSR count). The molecule has 1 amide bonds. The zero-order valence-corrected chi connectivity index (χ0v) is 18.5. The number of thiazole rings is 1. The first-order valence-electron chi connectivity index (χ1n) is 9.69. The van der Waals surface area contributed by atoms with Gasteiger partial charge in [-0.25, -0.2) is 13.4 Å². The van der Waals surface area contributed by atoms with Crippen molar-refractivity contribution < 1.29 is 13.2 Å². The molecule has 6 nitrogen and oxygen atoms in total. The molecule has 1 atom stereocenters. The number of rotatable bonds is 6. The molecular weight excluding hydrogens is 418 g/mol. The van der Waals surface area contributed by atoms with Crippen LogP contribution in [0.1, 0.15) is 23.1 Å². The van der Waals surface area contributed by atoms with Crippen molar-refractivity contribution in [2.75, 3.05) is 10.6 Å². The molecule has 8 heteroatoms. The molecule has 0 unspecified atom stereocenters. The normalized spacial score (nSPS) is 15.8. The summed E-state index contributed by atoms with van der Waals surface area (Å²) in [4.78, 5) is 16.9. The number of nitrogens with one attached hydrogen (secondary N) is 1. The minimum Gasteiger partial charge on any atom is -0.352 e. The van der Waals surface area contributed by atoms with E-state index in [2.05, 4.69) is 10.3 Å². The van der Waals surface area contributed by atoms with Crippen LogP contribution >= 0.6 is 11.3 Å². The van der Waals surface area contributed by atoms with E-state index in [-0.39, 0.29) is 18.4 Å². The molecule has 1 N–H and O–H groups in total. The fourth-order valence-electron chi connectivity index (χ4n) is 3.79. The molecule has 3 aromatic rings. The van der Waals surface area contributed by atoms with Crippen molar-refractivity contribution in [3.63, 3.8) is 0 Å². The monoisotopic (exact) mass is 441 g/mol. The Labute approximate surface area is 180 Å². The highest BCUT2D eigenvalue weighted by Gasteiger charge is 2.32. The van der Waals surface area contributed by atoms with Crippen LogP contribution in [0.2, 0.25) is 0 Å². The van der Waals surface area contributed by atoms with Crippen molar-refractivity contribution in [2.45, 2.75) is 32.4 Å². The van der Waals surface area contributed by atoms with Crippen molar-refractivity contribution in [1.29, 1.82) is 0 Å². The maximum atomic E-state index is 12.2. The Balaban J connectivity index is 1.44. The highest BCUT2D eigenvalue weighted by atomic mass is 32.2. The van der Waals surface area contributed by atoms with Gasteiger partial charge in [0.1, 0.15) is 5.01 Å². The summed E-state index contributed by atoms with van der Waals surface area (Å²) in [6.45, 7) is 2.41. The van der Waals surface area contributed by atoms with E-state index in [1.165, 1.54) is 21.9 Å². The summed E-state index contributed by atoms with van der Waals surface area (Å²) in [7, 11) is -3.30. The van der Waals surface area contributed by atoms with E-state index in [1.54, 1.807) is 0 Å². The predicted molar refractivity (Wildman–Crippen MR) is 120 cm³/mol. The highest BCUT2D eigenvalue weighted by molar-refractivity contribution is 7.92. The molecule has 0 radical (unpaired) electrons. The quantitative estimate of drug-likeness (QED) is 0.636. The van der Waals surface area contributed by atoms with Gasteiger partial charge >= 0.3 is 0 Å². The van der Waals surface area contributed by atoms with E-state index in [0.717, 1.165) is 33.1 Å². The summed E-state index contributed by atoms with van der Waals surface area (Å²) in [5.74, 6) is -0.0636. The molecule has 0 aliphatic carbocycles. The van der Waals surface area contributed by atoms with E-state index in [0.29, 0.717) is 13.0 Å². The van der Waals surface area contributed by atoms with Gasteiger partial charge in [-0.05, 0) is 36.6 Å². The van der Waals surface area contributed by atoms with Crippen LogP contribution in [0.25, 0.3) is 11.3 Å². The molecule has 1 aromatic heterocycles. The van der Waals surface area contributed by atoms with E-state index in [4.69, 9.17) is 0 Å². The van der Waals surface area contributed by atoms with Crippen LogP contribution in [0, 0.1) is 0 Å². The topological polar surface area (TPSA) is 79.4 Å². The zero-order chi connectivity index (χ0) is 21.3. The van der Waals surface area contributed by atoms with Crippen molar-refractivity contribution in [2.24, 2.45) is 0 Å². The van der Waals surface area contributed by atoms with Gasteiger partial charge in [0.25, 0.3) is 0 Å². The van der Waals surface area contributed by atoms with Gasteiger partial charge in [-0.15, -0.1) is 11.3 Å². The second-order valence-corrected chi connectivity index (χ2v) is 10.3. The molecular formula is C22H23N3O3S2. The summed E-state index contributed by atoms with van der Waals surface area (Å²) in [6, 6.07) is 15.4. The van der Waals surface area contributed by atoms with Crippen molar-refractivity contribution in [3.8, 4) is 11.3 Å². The van der Waals surface area contributed by atoms with Crippen molar-refractivity contribution in [1.82, 2.24) is 10.3 Å². The molecule has 0 fully saturated rings. The van der Waals surface area contributed by atoms with Crippen LogP contribution < -0.4 is 9.62 Å². The van der Waals surface area contributed by atoms with E-state index in [1.807, 2.05) is 60.8 Å². The third-order valence-electron chi connectivity index (χ3n) is 5.08. The van der Waals surface area contributed by atoms with Crippen LogP contribution in [0.5, 0.6) is 0 Å². The minimum absolute atomic E-state index is 0.0636. The molecule has 0 saturated heterocycles. The van der Waals surface area contributed by atoms with Crippen molar-refractivity contribution in [3.05, 3.63) is 70.0 Å². The smallest absolute Gasteiger partial charge is 0.232 e. The van der Waals surface area contributed by atoms with Crippen LogP contribution in [-0.4, -0.2) is 31.6 Å². The van der Waals surface area contributed by atoms with Gasteiger partial charge in [-0.3, -0.25) is 9.10 Å². The second kappa shape index (κ2) is 8.20. The second-order valence-electron chi connectivity index (χ2n) is 7.52. The average molecular weight is 442 g/mol. The fourth-order valence-corrected chi connectivity index (χ4v) is 5.85. The highest BCUT2D eigenvalue weighted by Crippen LogP contribution is 2.37. The van der Waals surface area contributed by atoms with Crippen LogP contribution in [0.3, 0.4) is 0 Å². The maximum Gasteiger partial charge on any atom is 0.232 e. The van der Waals surface area contributed by atoms with E-state index in [9.17, 15) is 13.2 Å².